The van der Waals surface area contributed by atoms with Crippen molar-refractivity contribution in [2.24, 2.45) is 5.92 Å². The van der Waals surface area contributed by atoms with Crippen LogP contribution in [0, 0.1) is 5.92 Å². The lowest BCUT2D eigenvalue weighted by Gasteiger charge is -2.20. The SMILES string of the molecule is CC(C)(C)OC(=O)NNC(=O)c1cccc2c1CC1CC(=O)NC21. The van der Waals surface area contributed by atoms with E-state index < -0.39 is 17.6 Å². The van der Waals surface area contributed by atoms with Crippen molar-refractivity contribution >= 4 is 17.9 Å². The van der Waals surface area contributed by atoms with Gasteiger partial charge in [0.15, 0.2) is 0 Å². The van der Waals surface area contributed by atoms with Gasteiger partial charge in [0.25, 0.3) is 5.91 Å². The summed E-state index contributed by atoms with van der Waals surface area (Å²) in [4.78, 5) is 35.5. The third-order valence-corrected chi connectivity index (χ3v) is 4.17. The Bertz CT molecular complexity index is 708. The Labute approximate surface area is 140 Å². The quantitative estimate of drug-likeness (QED) is 0.681. The summed E-state index contributed by atoms with van der Waals surface area (Å²) < 4.78 is 5.08. The summed E-state index contributed by atoms with van der Waals surface area (Å²) in [5.41, 5.74) is 6.41. The van der Waals surface area contributed by atoms with E-state index in [4.69, 9.17) is 4.74 Å². The summed E-state index contributed by atoms with van der Waals surface area (Å²) in [5, 5.41) is 2.95. The van der Waals surface area contributed by atoms with E-state index in [1.807, 2.05) is 6.07 Å². The fourth-order valence-electron chi connectivity index (χ4n) is 3.31. The van der Waals surface area contributed by atoms with Crippen LogP contribution in [0.15, 0.2) is 18.2 Å². The Kier molecular flexibility index (Phi) is 3.95. The Morgan fingerprint density at radius 3 is 2.67 bits per heavy atom. The molecule has 1 fully saturated rings. The molecule has 0 bridgehead atoms. The van der Waals surface area contributed by atoms with Gasteiger partial charge in [-0.3, -0.25) is 15.0 Å². The van der Waals surface area contributed by atoms with Gasteiger partial charge >= 0.3 is 6.09 Å². The number of hydrogen-bond donors (Lipinski definition) is 3. The van der Waals surface area contributed by atoms with Gasteiger partial charge < -0.3 is 10.1 Å². The van der Waals surface area contributed by atoms with Crippen LogP contribution in [-0.4, -0.2) is 23.5 Å². The first-order valence-corrected chi connectivity index (χ1v) is 7.95. The smallest absolute Gasteiger partial charge is 0.426 e. The number of fused-ring (bicyclic) bond motifs is 3. The molecule has 0 saturated carbocycles. The topological polar surface area (TPSA) is 96.5 Å². The van der Waals surface area contributed by atoms with Gasteiger partial charge in [-0.15, -0.1) is 0 Å². The van der Waals surface area contributed by atoms with E-state index in [1.54, 1.807) is 32.9 Å². The molecule has 7 nitrogen and oxygen atoms in total. The molecule has 2 unspecified atom stereocenters. The summed E-state index contributed by atoms with van der Waals surface area (Å²) in [6.45, 7) is 5.22. The van der Waals surface area contributed by atoms with E-state index in [1.165, 1.54) is 0 Å². The number of carbonyl (C=O) groups is 3. The van der Waals surface area contributed by atoms with Gasteiger partial charge in [0.05, 0.1) is 6.04 Å². The molecule has 3 rings (SSSR count). The first-order chi connectivity index (χ1) is 11.2. The molecule has 3 amide bonds. The molecule has 1 heterocycles. The Morgan fingerprint density at radius 1 is 1.21 bits per heavy atom. The van der Waals surface area contributed by atoms with Crippen molar-refractivity contribution in [3.8, 4) is 0 Å². The van der Waals surface area contributed by atoms with Crippen LogP contribution in [-0.2, 0) is 16.0 Å². The average molecular weight is 331 g/mol. The molecule has 1 aromatic carbocycles. The third kappa shape index (κ3) is 3.20. The van der Waals surface area contributed by atoms with Gasteiger partial charge in [-0.2, -0.15) is 0 Å². The van der Waals surface area contributed by atoms with Crippen molar-refractivity contribution in [3.63, 3.8) is 0 Å². The molecule has 24 heavy (non-hydrogen) atoms. The van der Waals surface area contributed by atoms with Gasteiger partial charge in [0, 0.05) is 12.0 Å². The lowest BCUT2D eigenvalue weighted by molar-refractivity contribution is -0.119. The normalized spacial score (nSPS) is 21.5. The first-order valence-electron chi connectivity index (χ1n) is 7.95. The number of hydrazine groups is 1. The van der Waals surface area contributed by atoms with Crippen molar-refractivity contribution in [1.82, 2.24) is 16.2 Å². The maximum atomic E-state index is 12.4. The van der Waals surface area contributed by atoms with Crippen LogP contribution in [0.4, 0.5) is 4.79 Å². The van der Waals surface area contributed by atoms with Crippen molar-refractivity contribution in [2.75, 3.05) is 0 Å². The van der Waals surface area contributed by atoms with Gasteiger partial charge in [-0.25, -0.2) is 10.2 Å². The van der Waals surface area contributed by atoms with Crippen molar-refractivity contribution < 1.29 is 19.1 Å². The van der Waals surface area contributed by atoms with E-state index in [0.29, 0.717) is 18.4 Å². The summed E-state index contributed by atoms with van der Waals surface area (Å²) in [6, 6.07) is 5.42. The number of ether oxygens (including phenoxy) is 1. The van der Waals surface area contributed by atoms with Crippen LogP contribution in [0.25, 0.3) is 0 Å². The lowest BCUT2D eigenvalue weighted by Crippen LogP contribution is -2.44. The second kappa shape index (κ2) is 5.81. The summed E-state index contributed by atoms with van der Waals surface area (Å²) in [5.74, 6) is -0.152. The second-order valence-electron chi connectivity index (χ2n) is 7.17. The maximum Gasteiger partial charge on any atom is 0.426 e. The molecule has 3 N–H and O–H groups in total. The summed E-state index contributed by atoms with van der Waals surface area (Å²) >= 11 is 0. The number of carbonyl (C=O) groups excluding carboxylic acids is 3. The molecule has 0 spiro atoms. The largest absolute Gasteiger partial charge is 0.443 e. The predicted molar refractivity (Wildman–Crippen MR) is 86.0 cm³/mol. The number of amides is 3. The van der Waals surface area contributed by atoms with Crippen molar-refractivity contribution in [2.45, 2.75) is 45.3 Å². The number of rotatable bonds is 1. The molecule has 7 heteroatoms. The summed E-state index contributed by atoms with van der Waals surface area (Å²) in [6.07, 6.45) is 0.443. The van der Waals surface area contributed by atoms with Crippen LogP contribution >= 0.6 is 0 Å². The standard InChI is InChI=1S/C17H21N3O4/c1-17(2,3)24-16(23)20-19-15(22)11-6-4-5-10-12(11)7-9-8-13(21)18-14(9)10/h4-6,9,14H,7-8H2,1-3H3,(H,18,21)(H,19,22)(H,20,23). The Balaban J connectivity index is 1.69. The van der Waals surface area contributed by atoms with Gasteiger partial charge in [0.2, 0.25) is 5.91 Å². The molecule has 0 aromatic heterocycles. The monoisotopic (exact) mass is 331 g/mol. The maximum absolute atomic E-state index is 12.4. The van der Waals surface area contributed by atoms with Gasteiger partial charge in [-0.1, -0.05) is 12.1 Å². The van der Waals surface area contributed by atoms with E-state index in [-0.39, 0.29) is 17.9 Å². The zero-order chi connectivity index (χ0) is 17.5. The number of hydrogen-bond acceptors (Lipinski definition) is 4. The van der Waals surface area contributed by atoms with Crippen LogP contribution in [0.1, 0.15) is 54.7 Å². The molecule has 2 atom stereocenters. The second-order valence-corrected chi connectivity index (χ2v) is 7.17. The highest BCUT2D eigenvalue weighted by molar-refractivity contribution is 5.97. The van der Waals surface area contributed by atoms with E-state index >= 15 is 0 Å². The zero-order valence-corrected chi connectivity index (χ0v) is 13.9. The number of benzene rings is 1. The first kappa shape index (κ1) is 16.3. The highest BCUT2D eigenvalue weighted by atomic mass is 16.6. The molecule has 2 aliphatic rings. The molecule has 1 saturated heterocycles. The van der Waals surface area contributed by atoms with Crippen LogP contribution in [0.3, 0.4) is 0 Å². The molecule has 128 valence electrons. The average Bonchev–Trinajstić information content (AvgIpc) is 2.98. The molecule has 1 aliphatic heterocycles. The van der Waals surface area contributed by atoms with Crippen LogP contribution < -0.4 is 16.2 Å². The highest BCUT2D eigenvalue weighted by Crippen LogP contribution is 2.42. The number of nitrogens with one attached hydrogen (secondary N) is 3. The van der Waals surface area contributed by atoms with E-state index in [2.05, 4.69) is 16.2 Å². The van der Waals surface area contributed by atoms with E-state index in [0.717, 1.165) is 11.1 Å². The lowest BCUT2D eigenvalue weighted by atomic mass is 10.0. The minimum absolute atomic E-state index is 0.0148. The Morgan fingerprint density at radius 2 is 1.96 bits per heavy atom. The van der Waals surface area contributed by atoms with Crippen LogP contribution in [0.2, 0.25) is 0 Å². The van der Waals surface area contributed by atoms with E-state index in [9.17, 15) is 14.4 Å². The molecule has 1 aromatic rings. The van der Waals surface area contributed by atoms with Crippen molar-refractivity contribution in [1.29, 1.82) is 0 Å². The fraction of sp³-hybridized carbons (Fsp3) is 0.471. The minimum atomic E-state index is -0.715. The molecule has 0 radical (unpaired) electrons. The molecule has 1 aliphatic carbocycles. The van der Waals surface area contributed by atoms with Gasteiger partial charge in [0.1, 0.15) is 5.60 Å². The molecular weight excluding hydrogens is 310 g/mol. The highest BCUT2D eigenvalue weighted by Gasteiger charge is 2.41. The summed E-state index contributed by atoms with van der Waals surface area (Å²) in [7, 11) is 0. The minimum Gasteiger partial charge on any atom is -0.443 e. The van der Waals surface area contributed by atoms with Gasteiger partial charge in [-0.05, 0) is 50.3 Å². The third-order valence-electron chi connectivity index (χ3n) is 4.17. The predicted octanol–water partition coefficient (Wildman–Crippen LogP) is 1.59. The fourth-order valence-corrected chi connectivity index (χ4v) is 3.31. The van der Waals surface area contributed by atoms with Crippen LogP contribution in [0.5, 0.6) is 0 Å². The molecular formula is C17H21N3O4. The Hall–Kier alpha value is -2.57. The zero-order valence-electron chi connectivity index (χ0n) is 13.9. The van der Waals surface area contributed by atoms with Crippen molar-refractivity contribution in [3.05, 3.63) is 34.9 Å².